The average Bonchev–Trinajstić information content (AvgIpc) is 2.92. The van der Waals surface area contributed by atoms with Crippen molar-refractivity contribution in [3.8, 4) is 23.0 Å². The highest BCUT2D eigenvalue weighted by molar-refractivity contribution is 5.83. The molecule has 4 heterocycles. The van der Waals surface area contributed by atoms with Crippen molar-refractivity contribution in [2.45, 2.75) is 31.6 Å². The molecule has 208 valence electrons. The van der Waals surface area contributed by atoms with Gasteiger partial charge < -0.3 is 23.6 Å². The fourth-order valence-corrected chi connectivity index (χ4v) is 5.83. The topological polar surface area (TPSA) is 94.1 Å². The van der Waals surface area contributed by atoms with Crippen LogP contribution in [-0.4, -0.2) is 34.8 Å². The first-order valence-electron chi connectivity index (χ1n) is 12.7. The molecule has 2 bridgehead atoms. The maximum absolute atomic E-state index is 14.2. The molecule has 0 amide bonds. The second-order valence-electron chi connectivity index (χ2n) is 10.2. The number of piperidine rings is 1. The van der Waals surface area contributed by atoms with Crippen molar-refractivity contribution in [1.82, 2.24) is 9.47 Å². The number of pyridine rings is 1. The number of halogens is 3. The lowest BCUT2D eigenvalue weighted by Crippen LogP contribution is -2.46. The first-order valence-corrected chi connectivity index (χ1v) is 12.7. The van der Waals surface area contributed by atoms with Crippen LogP contribution in [0.3, 0.4) is 0 Å². The van der Waals surface area contributed by atoms with E-state index in [2.05, 4.69) is 0 Å². The predicted molar refractivity (Wildman–Crippen MR) is 139 cm³/mol. The van der Waals surface area contributed by atoms with E-state index in [1.807, 2.05) is 11.0 Å². The van der Waals surface area contributed by atoms with E-state index < -0.39 is 23.1 Å². The van der Waals surface area contributed by atoms with Crippen LogP contribution >= 0.6 is 0 Å². The van der Waals surface area contributed by atoms with Crippen LogP contribution in [0, 0.1) is 5.92 Å². The van der Waals surface area contributed by atoms with Crippen molar-refractivity contribution in [3.05, 3.63) is 92.2 Å². The van der Waals surface area contributed by atoms with Crippen LogP contribution in [-0.2, 0) is 19.3 Å². The number of nitrogens with zero attached hydrogens (tertiary/aromatic N) is 2. The summed E-state index contributed by atoms with van der Waals surface area (Å²) < 4.78 is 60.1. The van der Waals surface area contributed by atoms with Gasteiger partial charge in [0.25, 0.3) is 11.3 Å². The smallest absolute Gasteiger partial charge is 0.453 e. The van der Waals surface area contributed by atoms with E-state index >= 15 is 0 Å². The third kappa shape index (κ3) is 4.60. The minimum atomic E-state index is -5.04. The number of alkyl halides is 3. The molecule has 2 aromatic carbocycles. The molecule has 0 radical (unpaired) electrons. The van der Waals surface area contributed by atoms with Crippen molar-refractivity contribution >= 4 is 11.0 Å². The van der Waals surface area contributed by atoms with Crippen LogP contribution < -0.4 is 20.5 Å². The molecule has 2 aromatic heterocycles. The van der Waals surface area contributed by atoms with Gasteiger partial charge in [-0.15, -0.1) is 0 Å². The lowest BCUT2D eigenvalue weighted by atomic mass is 9.83. The van der Waals surface area contributed by atoms with Gasteiger partial charge in [0.2, 0.25) is 11.2 Å². The van der Waals surface area contributed by atoms with Crippen LogP contribution in [0.5, 0.6) is 23.0 Å². The van der Waals surface area contributed by atoms with Gasteiger partial charge in [0.05, 0.1) is 18.1 Å². The highest BCUT2D eigenvalue weighted by Crippen LogP contribution is 2.41. The average molecular weight is 555 g/mol. The number of rotatable bonds is 5. The zero-order chi connectivity index (χ0) is 28.2. The summed E-state index contributed by atoms with van der Waals surface area (Å²) in [7, 11) is 1.44. The maximum Gasteiger partial charge on any atom is 0.453 e. The zero-order valence-corrected chi connectivity index (χ0v) is 21.4. The molecular weight excluding hydrogens is 529 g/mol. The number of aromatic hydroxyl groups is 1. The number of aromatic nitrogens is 1. The molecule has 2 atom stereocenters. The monoisotopic (exact) mass is 554 g/mol. The number of ether oxygens (including phenoxy) is 2. The Bertz CT molecular complexity index is 1710. The SMILES string of the molecule is COc1ccc(Oc2c(C(F)(F)F)oc3c(CN4C[C@H]5C[C@@H](C4)c4cccc(=O)n4C5)c(O)ccc3c2=O)cc1. The fraction of sp³-hybridized carbons (Fsp3) is 0.310. The summed E-state index contributed by atoms with van der Waals surface area (Å²) in [6.45, 7) is 1.71. The Hall–Kier alpha value is -4.25. The van der Waals surface area contributed by atoms with E-state index in [-0.39, 0.29) is 52.0 Å². The van der Waals surface area contributed by atoms with Gasteiger partial charge in [-0.3, -0.25) is 14.5 Å². The lowest BCUT2D eigenvalue weighted by Gasteiger charge is -2.42. The number of fused-ring (bicyclic) bond motifs is 5. The van der Waals surface area contributed by atoms with E-state index in [0.717, 1.165) is 12.1 Å². The molecule has 8 nitrogen and oxygen atoms in total. The molecule has 0 spiro atoms. The number of phenolic OH excluding ortho intramolecular Hbond substituents is 1. The number of phenols is 1. The summed E-state index contributed by atoms with van der Waals surface area (Å²) in [4.78, 5) is 27.7. The van der Waals surface area contributed by atoms with Gasteiger partial charge in [0, 0.05) is 43.9 Å². The molecular formula is C29H25F3N2O6. The molecule has 1 N–H and O–H groups in total. The summed E-state index contributed by atoms with van der Waals surface area (Å²) in [6.07, 6.45) is -4.15. The van der Waals surface area contributed by atoms with Crippen molar-refractivity contribution in [1.29, 1.82) is 0 Å². The summed E-state index contributed by atoms with van der Waals surface area (Å²) in [5, 5.41) is 10.6. The van der Waals surface area contributed by atoms with Gasteiger partial charge in [0.1, 0.15) is 22.8 Å². The minimum absolute atomic E-state index is 0.00352. The highest BCUT2D eigenvalue weighted by atomic mass is 19.4. The van der Waals surface area contributed by atoms with Crippen molar-refractivity contribution < 1.29 is 32.2 Å². The second-order valence-corrected chi connectivity index (χ2v) is 10.2. The van der Waals surface area contributed by atoms with E-state index in [4.69, 9.17) is 13.9 Å². The van der Waals surface area contributed by atoms with Crippen LogP contribution in [0.25, 0.3) is 11.0 Å². The van der Waals surface area contributed by atoms with Crippen LogP contribution in [0.4, 0.5) is 13.2 Å². The van der Waals surface area contributed by atoms with Crippen LogP contribution in [0.15, 0.2) is 68.6 Å². The Labute approximate surface area is 225 Å². The fourth-order valence-electron chi connectivity index (χ4n) is 5.83. The third-order valence-electron chi connectivity index (χ3n) is 7.57. The molecule has 0 aliphatic carbocycles. The number of likely N-dealkylation sites (tertiary alicyclic amines) is 1. The summed E-state index contributed by atoms with van der Waals surface area (Å²) in [5.74, 6) is -2.18. The molecule has 6 rings (SSSR count). The Morgan fingerprint density at radius 1 is 1.00 bits per heavy atom. The number of methoxy groups -OCH3 is 1. The van der Waals surface area contributed by atoms with Gasteiger partial charge in [0.15, 0.2) is 0 Å². The molecule has 11 heteroatoms. The van der Waals surface area contributed by atoms with Gasteiger partial charge >= 0.3 is 6.18 Å². The third-order valence-corrected chi connectivity index (χ3v) is 7.57. The maximum atomic E-state index is 14.2. The first-order chi connectivity index (χ1) is 19.1. The van der Waals surface area contributed by atoms with E-state index in [1.165, 1.54) is 49.6 Å². The Morgan fingerprint density at radius 2 is 1.75 bits per heavy atom. The standard InChI is InChI=1S/C29H25F3N2O6/c1-38-18-5-7-19(8-6-18)39-27-25(37)20-9-10-23(35)21(26(20)40-28(27)29(30,31)32)15-33-12-16-11-17(14-33)22-3-2-4-24(36)34(22)13-16/h2-10,16-17,35H,11-15H2,1H3/t16-,17+/m1/s1. The molecule has 0 saturated carbocycles. The van der Waals surface area contributed by atoms with Crippen LogP contribution in [0.1, 0.15) is 29.4 Å². The van der Waals surface area contributed by atoms with Crippen molar-refractivity contribution in [2.24, 2.45) is 5.92 Å². The minimum Gasteiger partial charge on any atom is -0.507 e. The normalized spacial score (nSPS) is 18.9. The predicted octanol–water partition coefficient (Wildman–Crippen LogP) is 5.10. The molecule has 2 aliphatic heterocycles. The molecule has 1 fully saturated rings. The lowest BCUT2D eigenvalue weighted by molar-refractivity contribution is -0.154. The first kappa shape index (κ1) is 26.0. The zero-order valence-electron chi connectivity index (χ0n) is 21.4. The quantitative estimate of drug-likeness (QED) is 0.367. The Morgan fingerprint density at radius 3 is 2.48 bits per heavy atom. The Kier molecular flexibility index (Phi) is 6.33. The summed E-state index contributed by atoms with van der Waals surface area (Å²) in [6, 6.07) is 13.4. The molecule has 0 unspecified atom stereocenters. The van der Waals surface area contributed by atoms with Crippen molar-refractivity contribution in [3.63, 3.8) is 0 Å². The second kappa shape index (κ2) is 9.74. The number of hydrogen-bond donors (Lipinski definition) is 1. The summed E-state index contributed by atoms with van der Waals surface area (Å²) in [5.41, 5.74) is -0.397. The van der Waals surface area contributed by atoms with Crippen molar-refractivity contribution in [2.75, 3.05) is 20.2 Å². The van der Waals surface area contributed by atoms with E-state index in [0.29, 0.717) is 25.4 Å². The van der Waals surface area contributed by atoms with Gasteiger partial charge in [-0.1, -0.05) is 6.07 Å². The molecule has 40 heavy (non-hydrogen) atoms. The number of hydrogen-bond acceptors (Lipinski definition) is 7. The summed E-state index contributed by atoms with van der Waals surface area (Å²) >= 11 is 0. The molecule has 2 aliphatic rings. The van der Waals surface area contributed by atoms with Gasteiger partial charge in [-0.05, 0) is 54.8 Å². The number of benzene rings is 2. The van der Waals surface area contributed by atoms with E-state index in [1.54, 1.807) is 10.6 Å². The molecule has 1 saturated heterocycles. The van der Waals surface area contributed by atoms with Gasteiger partial charge in [-0.2, -0.15) is 13.2 Å². The van der Waals surface area contributed by atoms with Gasteiger partial charge in [-0.25, -0.2) is 0 Å². The van der Waals surface area contributed by atoms with Crippen LogP contribution in [0.2, 0.25) is 0 Å². The Balaban J connectivity index is 1.39. The van der Waals surface area contributed by atoms with E-state index in [9.17, 15) is 27.9 Å². The highest BCUT2D eigenvalue weighted by Gasteiger charge is 2.41. The largest absolute Gasteiger partial charge is 0.507 e. The molecule has 4 aromatic rings.